The minimum absolute atomic E-state index is 0.220. The highest BCUT2D eigenvalue weighted by Crippen LogP contribution is 2.15. The van der Waals surface area contributed by atoms with Crippen LogP contribution in [0.3, 0.4) is 0 Å². The normalized spacial score (nSPS) is 15.8. The molecule has 0 aromatic carbocycles. The molecule has 1 aromatic heterocycles. The molecule has 0 atom stereocenters. The Balaban J connectivity index is 1.61. The fourth-order valence-electron chi connectivity index (χ4n) is 2.05. The fourth-order valence-corrected chi connectivity index (χ4v) is 2.05. The summed E-state index contributed by atoms with van der Waals surface area (Å²) in [5.74, 6) is 0. The number of hydrogen-bond donors (Lipinski definition) is 1. The molecule has 5 nitrogen and oxygen atoms in total. The first-order valence-corrected chi connectivity index (χ1v) is 7.04. The second-order valence-corrected chi connectivity index (χ2v) is 6.15. The van der Waals surface area contributed by atoms with E-state index in [2.05, 4.69) is 16.4 Å². The van der Waals surface area contributed by atoms with Crippen LogP contribution in [0, 0.1) is 0 Å². The molecule has 0 radical (unpaired) electrons. The smallest absolute Gasteiger partial charge is 0.410 e. The zero-order valence-electron chi connectivity index (χ0n) is 12.4. The van der Waals surface area contributed by atoms with E-state index >= 15 is 0 Å². The van der Waals surface area contributed by atoms with Gasteiger partial charge >= 0.3 is 6.09 Å². The van der Waals surface area contributed by atoms with Gasteiger partial charge in [0.15, 0.2) is 0 Å². The minimum Gasteiger partial charge on any atom is -0.444 e. The molecule has 0 unspecified atom stereocenters. The fraction of sp³-hybridized carbons (Fsp3) is 0.600. The highest BCUT2D eigenvalue weighted by Gasteiger charge is 2.33. The summed E-state index contributed by atoms with van der Waals surface area (Å²) in [5.41, 5.74) is 0.805. The zero-order chi connectivity index (χ0) is 14.6. The van der Waals surface area contributed by atoms with Crippen molar-refractivity contribution >= 4 is 6.09 Å². The van der Waals surface area contributed by atoms with Crippen molar-refractivity contribution in [2.45, 2.75) is 38.8 Å². The molecule has 110 valence electrons. The van der Waals surface area contributed by atoms with E-state index in [-0.39, 0.29) is 6.09 Å². The van der Waals surface area contributed by atoms with E-state index in [1.54, 1.807) is 11.1 Å². The molecule has 20 heavy (non-hydrogen) atoms. The minimum atomic E-state index is -0.421. The summed E-state index contributed by atoms with van der Waals surface area (Å²) in [6.45, 7) is 8.00. The van der Waals surface area contributed by atoms with Crippen molar-refractivity contribution in [1.29, 1.82) is 0 Å². The number of hydrogen-bond acceptors (Lipinski definition) is 4. The van der Waals surface area contributed by atoms with Crippen molar-refractivity contribution in [3.8, 4) is 0 Å². The van der Waals surface area contributed by atoms with E-state index in [4.69, 9.17) is 4.74 Å². The first-order valence-electron chi connectivity index (χ1n) is 7.04. The number of pyridine rings is 1. The van der Waals surface area contributed by atoms with Gasteiger partial charge in [-0.3, -0.25) is 4.98 Å². The number of rotatable bonds is 4. The Morgan fingerprint density at radius 1 is 1.50 bits per heavy atom. The number of nitrogens with one attached hydrogen (secondary N) is 1. The van der Waals surface area contributed by atoms with Gasteiger partial charge in [0.1, 0.15) is 5.60 Å². The monoisotopic (exact) mass is 277 g/mol. The predicted octanol–water partition coefficient (Wildman–Crippen LogP) is 1.83. The Bertz CT molecular complexity index is 436. The molecular formula is C15H23N3O2. The third-order valence-electron chi connectivity index (χ3n) is 3.10. The third-order valence-corrected chi connectivity index (χ3v) is 3.10. The average molecular weight is 277 g/mol. The average Bonchev–Trinajstić information content (AvgIpc) is 2.31. The van der Waals surface area contributed by atoms with Gasteiger partial charge in [-0.15, -0.1) is 0 Å². The van der Waals surface area contributed by atoms with Crippen molar-refractivity contribution < 1.29 is 9.53 Å². The number of carbonyl (C=O) groups excluding carboxylic acids is 1. The van der Waals surface area contributed by atoms with E-state index in [0.29, 0.717) is 6.04 Å². The molecule has 1 aromatic rings. The SMILES string of the molecule is CC(C)(C)OC(=O)N1CC(NCCc2cccnc2)C1. The number of aromatic nitrogens is 1. The molecular weight excluding hydrogens is 254 g/mol. The first kappa shape index (κ1) is 14.8. The Hall–Kier alpha value is -1.62. The number of amides is 1. The zero-order valence-corrected chi connectivity index (χ0v) is 12.4. The molecule has 0 spiro atoms. The van der Waals surface area contributed by atoms with Crippen LogP contribution in [0.1, 0.15) is 26.3 Å². The van der Waals surface area contributed by atoms with Crippen LogP contribution in [0.4, 0.5) is 4.79 Å². The van der Waals surface area contributed by atoms with Gasteiger partial charge in [0.2, 0.25) is 0 Å². The van der Waals surface area contributed by atoms with E-state index in [1.807, 2.05) is 33.0 Å². The van der Waals surface area contributed by atoms with Gasteiger partial charge < -0.3 is 15.0 Å². The van der Waals surface area contributed by atoms with Crippen LogP contribution in [0.5, 0.6) is 0 Å². The Labute approximate surface area is 120 Å². The molecule has 5 heteroatoms. The third kappa shape index (κ3) is 4.49. The molecule has 2 heterocycles. The summed E-state index contributed by atoms with van der Waals surface area (Å²) in [4.78, 5) is 17.6. The largest absolute Gasteiger partial charge is 0.444 e. The van der Waals surface area contributed by atoms with Crippen LogP contribution < -0.4 is 5.32 Å². The number of likely N-dealkylation sites (tertiary alicyclic amines) is 1. The summed E-state index contributed by atoms with van der Waals surface area (Å²) < 4.78 is 5.31. The van der Waals surface area contributed by atoms with Crippen molar-refractivity contribution in [2.24, 2.45) is 0 Å². The van der Waals surface area contributed by atoms with Crippen molar-refractivity contribution in [1.82, 2.24) is 15.2 Å². The van der Waals surface area contributed by atoms with Crippen molar-refractivity contribution in [3.05, 3.63) is 30.1 Å². The number of carbonyl (C=O) groups is 1. The van der Waals surface area contributed by atoms with Gasteiger partial charge in [0.05, 0.1) is 0 Å². The number of nitrogens with zero attached hydrogens (tertiary/aromatic N) is 2. The summed E-state index contributed by atoms with van der Waals surface area (Å²) in [5, 5.41) is 3.44. The summed E-state index contributed by atoms with van der Waals surface area (Å²) >= 11 is 0. The molecule has 2 rings (SSSR count). The Kier molecular flexibility index (Phi) is 4.60. The van der Waals surface area contributed by atoms with Crippen LogP contribution in [-0.2, 0) is 11.2 Å². The van der Waals surface area contributed by atoms with E-state index in [9.17, 15) is 4.79 Å². The van der Waals surface area contributed by atoms with Gasteiger partial charge in [-0.1, -0.05) is 6.07 Å². The summed E-state index contributed by atoms with van der Waals surface area (Å²) in [6.07, 6.45) is 4.40. The van der Waals surface area contributed by atoms with Crippen LogP contribution in [0.25, 0.3) is 0 Å². The van der Waals surface area contributed by atoms with Gasteiger partial charge in [-0.05, 0) is 45.4 Å². The van der Waals surface area contributed by atoms with Crippen LogP contribution >= 0.6 is 0 Å². The molecule has 0 saturated carbocycles. The lowest BCUT2D eigenvalue weighted by Crippen LogP contribution is -2.60. The topological polar surface area (TPSA) is 54.5 Å². The lowest BCUT2D eigenvalue weighted by atomic mass is 10.1. The second kappa shape index (κ2) is 6.22. The lowest BCUT2D eigenvalue weighted by Gasteiger charge is -2.40. The standard InChI is InChI=1S/C15H23N3O2/c1-15(2,3)20-14(19)18-10-13(11-18)17-8-6-12-5-4-7-16-9-12/h4-5,7,9,13,17H,6,8,10-11H2,1-3H3. The molecule has 1 aliphatic rings. The lowest BCUT2D eigenvalue weighted by molar-refractivity contribution is 0.00542. The summed E-state index contributed by atoms with van der Waals surface area (Å²) in [7, 11) is 0. The Morgan fingerprint density at radius 3 is 2.85 bits per heavy atom. The summed E-state index contributed by atoms with van der Waals surface area (Å²) in [6, 6.07) is 4.39. The first-order chi connectivity index (χ1) is 9.44. The van der Waals surface area contributed by atoms with Crippen LogP contribution in [-0.4, -0.2) is 47.3 Å². The van der Waals surface area contributed by atoms with Crippen molar-refractivity contribution in [3.63, 3.8) is 0 Å². The molecule has 1 amide bonds. The Morgan fingerprint density at radius 2 is 2.25 bits per heavy atom. The van der Waals surface area contributed by atoms with Crippen LogP contribution in [0.15, 0.2) is 24.5 Å². The molecule has 1 saturated heterocycles. The van der Waals surface area contributed by atoms with Gasteiger partial charge in [0.25, 0.3) is 0 Å². The maximum Gasteiger partial charge on any atom is 0.410 e. The predicted molar refractivity (Wildman–Crippen MR) is 77.5 cm³/mol. The highest BCUT2D eigenvalue weighted by molar-refractivity contribution is 5.69. The second-order valence-electron chi connectivity index (χ2n) is 6.15. The molecule has 0 bridgehead atoms. The maximum atomic E-state index is 11.7. The van der Waals surface area contributed by atoms with E-state index in [1.165, 1.54) is 5.56 Å². The van der Waals surface area contributed by atoms with Gasteiger partial charge in [-0.2, -0.15) is 0 Å². The van der Waals surface area contributed by atoms with E-state index in [0.717, 1.165) is 26.1 Å². The number of ether oxygens (including phenoxy) is 1. The maximum absolute atomic E-state index is 11.7. The molecule has 1 aliphatic heterocycles. The van der Waals surface area contributed by atoms with Crippen molar-refractivity contribution in [2.75, 3.05) is 19.6 Å². The highest BCUT2D eigenvalue weighted by atomic mass is 16.6. The van der Waals surface area contributed by atoms with Gasteiger partial charge in [0, 0.05) is 31.5 Å². The van der Waals surface area contributed by atoms with E-state index < -0.39 is 5.60 Å². The quantitative estimate of drug-likeness (QED) is 0.912. The van der Waals surface area contributed by atoms with Gasteiger partial charge in [-0.25, -0.2) is 4.79 Å². The molecule has 1 fully saturated rings. The van der Waals surface area contributed by atoms with Crippen LogP contribution in [0.2, 0.25) is 0 Å². The molecule has 1 N–H and O–H groups in total. The molecule has 0 aliphatic carbocycles.